The highest BCUT2D eigenvalue weighted by atomic mass is 35.5. The van der Waals surface area contributed by atoms with Crippen molar-refractivity contribution in [1.82, 2.24) is 10.6 Å². The number of halogens is 1. The second-order valence-electron chi connectivity index (χ2n) is 4.72. The standard InChI is InChI=1S/C14H21ClN2O2/c1-9(2)17-14(18)16-6-5-11-8-12(15)10(3)7-13(11)19-4/h7-9H,5-6H2,1-4H3,(H2,16,17,18). The van der Waals surface area contributed by atoms with Gasteiger partial charge < -0.3 is 15.4 Å². The Morgan fingerprint density at radius 2 is 2.11 bits per heavy atom. The molecule has 4 nitrogen and oxygen atoms in total. The number of aryl methyl sites for hydroxylation is 1. The van der Waals surface area contributed by atoms with Gasteiger partial charge in [-0.05, 0) is 50.5 Å². The van der Waals surface area contributed by atoms with Crippen molar-refractivity contribution in [3.05, 3.63) is 28.3 Å². The van der Waals surface area contributed by atoms with Crippen molar-refractivity contribution in [3.8, 4) is 5.75 Å². The number of hydrogen-bond acceptors (Lipinski definition) is 2. The minimum Gasteiger partial charge on any atom is -0.496 e. The van der Waals surface area contributed by atoms with E-state index in [4.69, 9.17) is 16.3 Å². The average Bonchev–Trinajstić information content (AvgIpc) is 2.32. The van der Waals surface area contributed by atoms with E-state index in [0.29, 0.717) is 18.0 Å². The van der Waals surface area contributed by atoms with Crippen molar-refractivity contribution in [3.63, 3.8) is 0 Å². The highest BCUT2D eigenvalue weighted by Crippen LogP contribution is 2.26. The van der Waals surface area contributed by atoms with E-state index in [1.165, 1.54) is 0 Å². The summed E-state index contributed by atoms with van der Waals surface area (Å²) >= 11 is 6.10. The molecule has 1 aromatic rings. The Bertz CT molecular complexity index is 447. The number of amides is 2. The van der Waals surface area contributed by atoms with E-state index >= 15 is 0 Å². The largest absolute Gasteiger partial charge is 0.496 e. The van der Waals surface area contributed by atoms with Gasteiger partial charge in [0.2, 0.25) is 0 Å². The SMILES string of the molecule is COc1cc(C)c(Cl)cc1CCNC(=O)NC(C)C. The molecule has 0 aliphatic rings. The molecule has 1 aromatic carbocycles. The molecule has 0 aliphatic carbocycles. The van der Waals surface area contributed by atoms with Crippen LogP contribution in [0.1, 0.15) is 25.0 Å². The summed E-state index contributed by atoms with van der Waals surface area (Å²) in [5.74, 6) is 0.799. The van der Waals surface area contributed by atoms with E-state index in [-0.39, 0.29) is 12.1 Å². The summed E-state index contributed by atoms with van der Waals surface area (Å²) in [6.45, 7) is 6.31. The minimum atomic E-state index is -0.160. The van der Waals surface area contributed by atoms with Crippen molar-refractivity contribution in [2.75, 3.05) is 13.7 Å². The van der Waals surface area contributed by atoms with Crippen LogP contribution in [0, 0.1) is 6.92 Å². The zero-order chi connectivity index (χ0) is 14.4. The van der Waals surface area contributed by atoms with E-state index in [9.17, 15) is 4.79 Å². The number of ether oxygens (including phenoxy) is 1. The first kappa shape index (κ1) is 15.6. The van der Waals surface area contributed by atoms with Gasteiger partial charge in [-0.2, -0.15) is 0 Å². The van der Waals surface area contributed by atoms with Crippen LogP contribution in [-0.4, -0.2) is 25.7 Å². The first-order valence-electron chi connectivity index (χ1n) is 6.31. The molecule has 106 valence electrons. The quantitative estimate of drug-likeness (QED) is 0.873. The Morgan fingerprint density at radius 3 is 2.68 bits per heavy atom. The van der Waals surface area contributed by atoms with E-state index in [1.807, 2.05) is 32.9 Å². The number of hydrogen-bond donors (Lipinski definition) is 2. The van der Waals surface area contributed by atoms with E-state index < -0.39 is 0 Å². The van der Waals surface area contributed by atoms with Crippen LogP contribution in [0.5, 0.6) is 5.75 Å². The van der Waals surface area contributed by atoms with E-state index in [0.717, 1.165) is 16.9 Å². The number of rotatable bonds is 5. The van der Waals surface area contributed by atoms with Crippen molar-refractivity contribution in [2.24, 2.45) is 0 Å². The van der Waals surface area contributed by atoms with E-state index in [1.54, 1.807) is 7.11 Å². The summed E-state index contributed by atoms with van der Waals surface area (Å²) in [7, 11) is 1.63. The molecule has 5 heteroatoms. The zero-order valence-electron chi connectivity index (χ0n) is 11.8. The third kappa shape index (κ3) is 4.99. The highest BCUT2D eigenvalue weighted by molar-refractivity contribution is 6.31. The Labute approximate surface area is 119 Å². The van der Waals surface area contributed by atoms with Crippen LogP contribution in [0.2, 0.25) is 5.02 Å². The van der Waals surface area contributed by atoms with Crippen LogP contribution < -0.4 is 15.4 Å². The summed E-state index contributed by atoms with van der Waals surface area (Å²) < 4.78 is 5.32. The molecule has 0 saturated carbocycles. The fraction of sp³-hybridized carbons (Fsp3) is 0.500. The maximum atomic E-state index is 11.4. The molecule has 2 N–H and O–H groups in total. The molecule has 0 unspecified atom stereocenters. The fourth-order valence-corrected chi connectivity index (χ4v) is 1.89. The van der Waals surface area contributed by atoms with Crippen LogP contribution in [-0.2, 0) is 6.42 Å². The number of nitrogens with one attached hydrogen (secondary N) is 2. The first-order chi connectivity index (χ1) is 8.93. The molecule has 0 radical (unpaired) electrons. The molecular weight excluding hydrogens is 264 g/mol. The fourth-order valence-electron chi connectivity index (χ4n) is 1.71. The van der Waals surface area contributed by atoms with Gasteiger partial charge in [-0.25, -0.2) is 4.79 Å². The summed E-state index contributed by atoms with van der Waals surface area (Å²) in [4.78, 5) is 11.4. The summed E-state index contributed by atoms with van der Waals surface area (Å²) in [5, 5.41) is 6.28. The maximum Gasteiger partial charge on any atom is 0.314 e. The van der Waals surface area contributed by atoms with Gasteiger partial charge in [0.05, 0.1) is 7.11 Å². The van der Waals surface area contributed by atoms with Crippen molar-refractivity contribution >= 4 is 17.6 Å². The van der Waals surface area contributed by atoms with Crippen LogP contribution in [0.25, 0.3) is 0 Å². The summed E-state index contributed by atoms with van der Waals surface area (Å²) in [6.07, 6.45) is 0.675. The van der Waals surface area contributed by atoms with Gasteiger partial charge in [0, 0.05) is 17.6 Å². The van der Waals surface area contributed by atoms with Gasteiger partial charge in [0.15, 0.2) is 0 Å². The number of methoxy groups -OCH3 is 1. The van der Waals surface area contributed by atoms with E-state index in [2.05, 4.69) is 10.6 Å². The van der Waals surface area contributed by atoms with Crippen LogP contribution in [0.4, 0.5) is 4.79 Å². The lowest BCUT2D eigenvalue weighted by atomic mass is 10.1. The topological polar surface area (TPSA) is 50.4 Å². The molecule has 0 saturated heterocycles. The summed E-state index contributed by atoms with van der Waals surface area (Å²) in [6, 6.07) is 3.76. The Morgan fingerprint density at radius 1 is 1.42 bits per heavy atom. The van der Waals surface area contributed by atoms with Crippen molar-refractivity contribution in [2.45, 2.75) is 33.2 Å². The first-order valence-corrected chi connectivity index (χ1v) is 6.69. The molecule has 1 rings (SSSR count). The number of carbonyl (C=O) groups excluding carboxylic acids is 1. The number of urea groups is 1. The number of benzene rings is 1. The Balaban J connectivity index is 2.58. The van der Waals surface area contributed by atoms with Crippen LogP contribution in [0.3, 0.4) is 0 Å². The van der Waals surface area contributed by atoms with Gasteiger partial charge >= 0.3 is 6.03 Å². The third-order valence-corrected chi connectivity index (χ3v) is 3.07. The lowest BCUT2D eigenvalue weighted by molar-refractivity contribution is 0.238. The number of carbonyl (C=O) groups is 1. The molecule has 0 aromatic heterocycles. The third-order valence-electron chi connectivity index (χ3n) is 2.66. The lowest BCUT2D eigenvalue weighted by Gasteiger charge is -2.13. The normalized spacial score (nSPS) is 10.4. The van der Waals surface area contributed by atoms with Crippen LogP contribution >= 0.6 is 11.6 Å². The Hall–Kier alpha value is -1.42. The lowest BCUT2D eigenvalue weighted by Crippen LogP contribution is -2.40. The smallest absolute Gasteiger partial charge is 0.314 e. The van der Waals surface area contributed by atoms with Crippen molar-refractivity contribution < 1.29 is 9.53 Å². The van der Waals surface area contributed by atoms with Crippen LogP contribution in [0.15, 0.2) is 12.1 Å². The van der Waals surface area contributed by atoms with Gasteiger partial charge in [-0.1, -0.05) is 11.6 Å². The average molecular weight is 285 g/mol. The van der Waals surface area contributed by atoms with Gasteiger partial charge in [-0.3, -0.25) is 0 Å². The van der Waals surface area contributed by atoms with Crippen molar-refractivity contribution in [1.29, 1.82) is 0 Å². The molecule has 19 heavy (non-hydrogen) atoms. The van der Waals surface area contributed by atoms with Gasteiger partial charge in [0.1, 0.15) is 5.75 Å². The predicted molar refractivity (Wildman–Crippen MR) is 78.1 cm³/mol. The van der Waals surface area contributed by atoms with Gasteiger partial charge in [-0.15, -0.1) is 0 Å². The molecule has 2 amide bonds. The summed E-state index contributed by atoms with van der Waals surface area (Å²) in [5.41, 5.74) is 1.97. The minimum absolute atomic E-state index is 0.128. The second kappa shape index (κ2) is 7.24. The zero-order valence-corrected chi connectivity index (χ0v) is 12.6. The predicted octanol–water partition coefficient (Wildman–Crippen LogP) is 2.91. The monoisotopic (exact) mass is 284 g/mol. The molecule has 0 heterocycles. The molecule has 0 spiro atoms. The molecule has 0 bridgehead atoms. The highest BCUT2D eigenvalue weighted by Gasteiger charge is 2.08. The maximum absolute atomic E-state index is 11.4. The Kier molecular flexibility index (Phi) is 5.96. The second-order valence-corrected chi connectivity index (χ2v) is 5.13. The molecule has 0 atom stereocenters. The molecule has 0 fully saturated rings. The molecule has 0 aliphatic heterocycles. The molecular formula is C14H21ClN2O2. The van der Waals surface area contributed by atoms with Gasteiger partial charge in [0.25, 0.3) is 0 Å².